The smallest absolute Gasteiger partial charge is 0.134 e. The number of aromatic nitrogens is 2. The van der Waals surface area contributed by atoms with E-state index < -0.39 is 6.67 Å². The van der Waals surface area contributed by atoms with Crippen LogP contribution in [0.25, 0.3) is 0 Å². The van der Waals surface area contributed by atoms with Gasteiger partial charge < -0.3 is 0 Å². The van der Waals surface area contributed by atoms with Crippen molar-refractivity contribution in [2.45, 2.75) is 13.6 Å². The van der Waals surface area contributed by atoms with Crippen LogP contribution in [0.4, 0.5) is 4.39 Å². The molecule has 0 aromatic carbocycles. The van der Waals surface area contributed by atoms with E-state index in [-0.39, 0.29) is 0 Å². The second kappa shape index (κ2) is 2.17. The van der Waals surface area contributed by atoms with E-state index in [1.165, 1.54) is 11.5 Å². The highest BCUT2D eigenvalue weighted by atomic mass is 32.1. The molecule has 0 amide bonds. The van der Waals surface area contributed by atoms with Crippen molar-refractivity contribution in [3.05, 3.63) is 10.6 Å². The highest BCUT2D eigenvalue weighted by molar-refractivity contribution is 7.05. The molecule has 0 N–H and O–H groups in total. The average Bonchev–Trinajstić information content (AvgIpc) is 2.14. The third-order valence-corrected chi connectivity index (χ3v) is 1.55. The van der Waals surface area contributed by atoms with Crippen molar-refractivity contribution in [2.24, 2.45) is 0 Å². The largest absolute Gasteiger partial charge is 0.244 e. The molecule has 44 valence electrons. The van der Waals surface area contributed by atoms with Gasteiger partial charge >= 0.3 is 0 Å². The first-order chi connectivity index (χ1) is 3.84. The molecule has 2 nitrogen and oxygen atoms in total. The minimum Gasteiger partial charge on any atom is -0.244 e. The van der Waals surface area contributed by atoms with Crippen molar-refractivity contribution in [1.29, 1.82) is 0 Å². The summed E-state index contributed by atoms with van der Waals surface area (Å²) >= 11 is 1.23. The molecular formula is C4H5FN2S. The van der Waals surface area contributed by atoms with E-state index in [9.17, 15) is 4.39 Å². The molecule has 0 atom stereocenters. The Morgan fingerprint density at radius 1 is 1.75 bits per heavy atom. The number of hydrogen-bond acceptors (Lipinski definition) is 3. The summed E-state index contributed by atoms with van der Waals surface area (Å²) in [6.07, 6.45) is 0. The van der Waals surface area contributed by atoms with Crippen LogP contribution in [0.15, 0.2) is 0 Å². The van der Waals surface area contributed by atoms with E-state index in [0.29, 0.717) is 5.69 Å². The minimum absolute atomic E-state index is 0.468. The van der Waals surface area contributed by atoms with E-state index in [1.807, 2.05) is 0 Å². The fourth-order valence-electron chi connectivity index (χ4n) is 0.375. The molecule has 0 fully saturated rings. The SMILES string of the molecule is Cc1snnc1CF. The monoisotopic (exact) mass is 132 g/mol. The molecule has 1 heterocycles. The van der Waals surface area contributed by atoms with Gasteiger partial charge in [0.1, 0.15) is 12.4 Å². The van der Waals surface area contributed by atoms with E-state index in [2.05, 4.69) is 9.59 Å². The third-order valence-electron chi connectivity index (χ3n) is 0.872. The highest BCUT2D eigenvalue weighted by Gasteiger charge is 1.99. The maximum Gasteiger partial charge on any atom is 0.134 e. The molecule has 1 aromatic heterocycles. The van der Waals surface area contributed by atoms with Gasteiger partial charge in [0.25, 0.3) is 0 Å². The van der Waals surface area contributed by atoms with Crippen molar-refractivity contribution < 1.29 is 4.39 Å². The minimum atomic E-state index is -0.498. The van der Waals surface area contributed by atoms with Crippen LogP contribution in [0.5, 0.6) is 0 Å². The molecule has 4 heteroatoms. The maximum atomic E-state index is 11.7. The summed E-state index contributed by atoms with van der Waals surface area (Å²) in [5, 5.41) is 3.53. The first-order valence-electron chi connectivity index (χ1n) is 2.18. The molecule has 0 saturated carbocycles. The Morgan fingerprint density at radius 3 is 2.75 bits per heavy atom. The summed E-state index contributed by atoms with van der Waals surface area (Å²) in [5.41, 5.74) is 0.468. The average molecular weight is 132 g/mol. The lowest BCUT2D eigenvalue weighted by Crippen LogP contribution is -1.79. The van der Waals surface area contributed by atoms with Crippen molar-refractivity contribution in [3.8, 4) is 0 Å². The Morgan fingerprint density at radius 2 is 2.50 bits per heavy atom. The third kappa shape index (κ3) is 0.838. The molecule has 0 bridgehead atoms. The summed E-state index contributed by atoms with van der Waals surface area (Å²) < 4.78 is 15.3. The van der Waals surface area contributed by atoms with Gasteiger partial charge in [0.15, 0.2) is 0 Å². The Kier molecular flexibility index (Phi) is 1.53. The molecule has 0 saturated heterocycles. The van der Waals surface area contributed by atoms with Gasteiger partial charge in [0.05, 0.1) is 0 Å². The quantitative estimate of drug-likeness (QED) is 0.575. The van der Waals surface area contributed by atoms with Gasteiger partial charge in [0.2, 0.25) is 0 Å². The van der Waals surface area contributed by atoms with E-state index in [1.54, 1.807) is 6.92 Å². The number of rotatable bonds is 1. The fraction of sp³-hybridized carbons (Fsp3) is 0.500. The zero-order valence-electron chi connectivity index (χ0n) is 4.39. The second-order valence-corrected chi connectivity index (χ2v) is 2.37. The zero-order chi connectivity index (χ0) is 5.98. The standard InChI is InChI=1S/C4H5FN2S/c1-3-4(2-5)6-7-8-3/h2H2,1H3. The van der Waals surface area contributed by atoms with Gasteiger partial charge in [-0.3, -0.25) is 0 Å². The van der Waals surface area contributed by atoms with Gasteiger partial charge in [-0.2, -0.15) is 0 Å². The molecule has 1 rings (SSSR count). The van der Waals surface area contributed by atoms with Gasteiger partial charge in [-0.25, -0.2) is 4.39 Å². The van der Waals surface area contributed by atoms with Crippen molar-refractivity contribution in [1.82, 2.24) is 9.59 Å². The lowest BCUT2D eigenvalue weighted by molar-refractivity contribution is 0.474. The summed E-state index contributed by atoms with van der Waals surface area (Å²) in [7, 11) is 0. The molecule has 8 heavy (non-hydrogen) atoms. The van der Waals surface area contributed by atoms with Crippen LogP contribution in [0, 0.1) is 6.92 Å². The zero-order valence-corrected chi connectivity index (χ0v) is 5.20. The van der Waals surface area contributed by atoms with Gasteiger partial charge in [0, 0.05) is 4.88 Å². The van der Waals surface area contributed by atoms with Crippen molar-refractivity contribution in [3.63, 3.8) is 0 Å². The molecular weight excluding hydrogens is 127 g/mol. The van der Waals surface area contributed by atoms with Gasteiger partial charge in [-0.15, -0.1) is 5.10 Å². The highest BCUT2D eigenvalue weighted by Crippen LogP contribution is 2.07. The molecule has 0 spiro atoms. The predicted octanol–water partition coefficient (Wildman–Crippen LogP) is 1.32. The van der Waals surface area contributed by atoms with Gasteiger partial charge in [-0.05, 0) is 18.5 Å². The Bertz CT molecular complexity index is 174. The van der Waals surface area contributed by atoms with E-state index >= 15 is 0 Å². The van der Waals surface area contributed by atoms with Crippen LogP contribution in [-0.4, -0.2) is 9.59 Å². The predicted molar refractivity (Wildman–Crippen MR) is 29.5 cm³/mol. The maximum absolute atomic E-state index is 11.7. The Hall–Kier alpha value is -0.510. The van der Waals surface area contributed by atoms with E-state index in [4.69, 9.17) is 0 Å². The lowest BCUT2D eigenvalue weighted by Gasteiger charge is -1.80. The number of nitrogens with zero attached hydrogens (tertiary/aromatic N) is 2. The molecule has 0 radical (unpaired) electrons. The Balaban J connectivity index is 2.92. The van der Waals surface area contributed by atoms with Crippen LogP contribution in [-0.2, 0) is 6.67 Å². The first kappa shape index (κ1) is 5.62. The molecule has 1 aromatic rings. The lowest BCUT2D eigenvalue weighted by atomic mass is 10.4. The number of alkyl halides is 1. The van der Waals surface area contributed by atoms with Crippen LogP contribution in [0.3, 0.4) is 0 Å². The fourth-order valence-corrected chi connectivity index (χ4v) is 0.837. The molecule has 0 aliphatic rings. The number of halogens is 1. The van der Waals surface area contributed by atoms with Gasteiger partial charge in [-0.1, -0.05) is 4.49 Å². The number of hydrogen-bond donors (Lipinski definition) is 0. The normalized spacial score (nSPS) is 9.75. The number of aryl methyl sites for hydroxylation is 1. The van der Waals surface area contributed by atoms with E-state index in [0.717, 1.165) is 4.88 Å². The summed E-state index contributed by atoms with van der Waals surface area (Å²) in [4.78, 5) is 0.868. The summed E-state index contributed by atoms with van der Waals surface area (Å²) in [6.45, 7) is 1.31. The van der Waals surface area contributed by atoms with Crippen LogP contribution in [0.1, 0.15) is 10.6 Å². The van der Waals surface area contributed by atoms with Crippen LogP contribution < -0.4 is 0 Å². The summed E-state index contributed by atoms with van der Waals surface area (Å²) in [6, 6.07) is 0. The Labute approximate surface area is 50.5 Å². The summed E-state index contributed by atoms with van der Waals surface area (Å²) in [5.74, 6) is 0. The van der Waals surface area contributed by atoms with Crippen LogP contribution >= 0.6 is 11.5 Å². The first-order valence-corrected chi connectivity index (χ1v) is 2.95. The van der Waals surface area contributed by atoms with Crippen LogP contribution in [0.2, 0.25) is 0 Å². The van der Waals surface area contributed by atoms with Crippen molar-refractivity contribution >= 4 is 11.5 Å². The molecule has 0 unspecified atom stereocenters. The van der Waals surface area contributed by atoms with Crippen molar-refractivity contribution in [2.75, 3.05) is 0 Å². The second-order valence-electron chi connectivity index (χ2n) is 1.41. The molecule has 0 aliphatic carbocycles. The molecule has 0 aliphatic heterocycles. The topological polar surface area (TPSA) is 25.8 Å².